The summed E-state index contributed by atoms with van der Waals surface area (Å²) < 4.78 is 45.2. The SMILES string of the molecule is I.NC(=NCC1(c2cccc(C(F)(F)F)c2)CCOCC1)Nc1ccc2c(c1)CCC2. The highest BCUT2D eigenvalue weighted by atomic mass is 127. The zero-order valence-electron chi connectivity index (χ0n) is 17.2. The van der Waals surface area contributed by atoms with E-state index in [9.17, 15) is 13.2 Å². The molecular weight excluding hydrogens is 518 g/mol. The number of aliphatic imine (C=N–C) groups is 1. The molecule has 1 fully saturated rings. The van der Waals surface area contributed by atoms with Crippen molar-refractivity contribution in [2.24, 2.45) is 10.7 Å². The van der Waals surface area contributed by atoms with Crippen LogP contribution in [0.5, 0.6) is 0 Å². The topological polar surface area (TPSA) is 59.6 Å². The summed E-state index contributed by atoms with van der Waals surface area (Å²) in [5.41, 5.74) is 9.20. The van der Waals surface area contributed by atoms with E-state index in [1.54, 1.807) is 6.07 Å². The van der Waals surface area contributed by atoms with Crippen molar-refractivity contribution < 1.29 is 17.9 Å². The van der Waals surface area contributed by atoms with Crippen LogP contribution in [0.15, 0.2) is 47.5 Å². The van der Waals surface area contributed by atoms with E-state index in [1.165, 1.54) is 29.7 Å². The monoisotopic (exact) mass is 545 g/mol. The van der Waals surface area contributed by atoms with Crippen molar-refractivity contribution in [1.82, 2.24) is 0 Å². The summed E-state index contributed by atoms with van der Waals surface area (Å²) in [6.45, 7) is 1.29. The molecule has 0 saturated carbocycles. The first-order valence-corrected chi connectivity index (χ1v) is 10.3. The summed E-state index contributed by atoms with van der Waals surface area (Å²) in [4.78, 5) is 4.52. The van der Waals surface area contributed by atoms with E-state index in [0.29, 0.717) is 38.2 Å². The lowest BCUT2D eigenvalue weighted by Gasteiger charge is -2.37. The number of fused-ring (bicyclic) bond motifs is 1. The normalized spacial score (nSPS) is 18.2. The third-order valence-corrected chi connectivity index (χ3v) is 6.18. The smallest absolute Gasteiger partial charge is 0.381 e. The van der Waals surface area contributed by atoms with Gasteiger partial charge in [0.15, 0.2) is 5.96 Å². The lowest BCUT2D eigenvalue weighted by Crippen LogP contribution is -2.38. The first kappa shape index (κ1) is 23.8. The molecule has 1 aliphatic carbocycles. The van der Waals surface area contributed by atoms with Crippen molar-refractivity contribution in [2.75, 3.05) is 25.1 Å². The molecule has 4 rings (SSSR count). The number of anilines is 1. The average molecular weight is 545 g/mol. The van der Waals surface area contributed by atoms with Crippen molar-refractivity contribution in [3.05, 3.63) is 64.7 Å². The molecule has 31 heavy (non-hydrogen) atoms. The van der Waals surface area contributed by atoms with Crippen LogP contribution in [0.3, 0.4) is 0 Å². The van der Waals surface area contributed by atoms with Crippen molar-refractivity contribution in [2.45, 2.75) is 43.7 Å². The maximum absolute atomic E-state index is 13.2. The second-order valence-corrected chi connectivity index (χ2v) is 8.13. The second kappa shape index (κ2) is 9.77. The molecule has 1 aliphatic heterocycles. The van der Waals surface area contributed by atoms with E-state index in [4.69, 9.17) is 10.5 Å². The zero-order valence-corrected chi connectivity index (χ0v) is 19.5. The lowest BCUT2D eigenvalue weighted by molar-refractivity contribution is -0.137. The van der Waals surface area contributed by atoms with Crippen LogP contribution < -0.4 is 11.1 Å². The van der Waals surface area contributed by atoms with Crippen LogP contribution in [0.25, 0.3) is 0 Å². The Balaban J connectivity index is 0.00000272. The number of nitrogens with zero attached hydrogens (tertiary/aromatic N) is 1. The van der Waals surface area contributed by atoms with Gasteiger partial charge < -0.3 is 15.8 Å². The van der Waals surface area contributed by atoms with Gasteiger partial charge in [0.05, 0.1) is 12.1 Å². The predicted molar refractivity (Wildman–Crippen MR) is 127 cm³/mol. The maximum Gasteiger partial charge on any atom is 0.416 e. The molecule has 0 radical (unpaired) electrons. The minimum absolute atomic E-state index is 0. The molecule has 2 aromatic rings. The number of nitrogens with two attached hydrogens (primary N) is 1. The summed E-state index contributed by atoms with van der Waals surface area (Å²) >= 11 is 0. The number of alkyl halides is 3. The van der Waals surface area contributed by atoms with Crippen molar-refractivity contribution in [1.29, 1.82) is 0 Å². The number of hydrogen-bond acceptors (Lipinski definition) is 2. The highest BCUT2D eigenvalue weighted by molar-refractivity contribution is 14.0. The molecule has 0 unspecified atom stereocenters. The number of hydrogen-bond donors (Lipinski definition) is 2. The summed E-state index contributed by atoms with van der Waals surface area (Å²) in [5.74, 6) is 0.269. The number of halogens is 4. The van der Waals surface area contributed by atoms with Gasteiger partial charge in [-0.1, -0.05) is 24.3 Å². The van der Waals surface area contributed by atoms with Gasteiger partial charge in [-0.05, 0) is 67.0 Å². The lowest BCUT2D eigenvalue weighted by atomic mass is 9.74. The quantitative estimate of drug-likeness (QED) is 0.312. The third kappa shape index (κ3) is 5.52. The molecule has 2 aromatic carbocycles. The number of benzene rings is 2. The van der Waals surface area contributed by atoms with Crippen LogP contribution in [0, 0.1) is 0 Å². The summed E-state index contributed by atoms with van der Waals surface area (Å²) in [6.07, 6.45) is 0.179. The van der Waals surface area contributed by atoms with Crippen molar-refractivity contribution >= 4 is 35.6 Å². The molecule has 3 N–H and O–H groups in total. The first-order chi connectivity index (χ1) is 14.4. The molecule has 168 valence electrons. The first-order valence-electron chi connectivity index (χ1n) is 10.3. The molecule has 8 heteroatoms. The summed E-state index contributed by atoms with van der Waals surface area (Å²) in [7, 11) is 0. The number of nitrogens with one attached hydrogen (secondary N) is 1. The molecule has 1 saturated heterocycles. The Hall–Kier alpha value is -1.81. The van der Waals surface area contributed by atoms with E-state index in [-0.39, 0.29) is 29.9 Å². The van der Waals surface area contributed by atoms with Crippen LogP contribution >= 0.6 is 24.0 Å². The fraction of sp³-hybridized carbons (Fsp3) is 0.435. The molecule has 2 aliphatic rings. The minimum Gasteiger partial charge on any atom is -0.381 e. The fourth-order valence-corrected chi connectivity index (χ4v) is 4.40. The molecule has 4 nitrogen and oxygen atoms in total. The Morgan fingerprint density at radius 2 is 1.81 bits per heavy atom. The van der Waals surface area contributed by atoms with E-state index < -0.39 is 17.2 Å². The van der Waals surface area contributed by atoms with E-state index >= 15 is 0 Å². The minimum atomic E-state index is -4.38. The summed E-state index contributed by atoms with van der Waals surface area (Å²) in [5, 5.41) is 3.13. The van der Waals surface area contributed by atoms with Crippen LogP contribution in [-0.2, 0) is 29.2 Å². The third-order valence-electron chi connectivity index (χ3n) is 6.18. The zero-order chi connectivity index (χ0) is 21.2. The molecule has 0 spiro atoms. The highest BCUT2D eigenvalue weighted by Gasteiger charge is 2.37. The highest BCUT2D eigenvalue weighted by Crippen LogP contribution is 2.38. The Kier molecular flexibility index (Phi) is 7.51. The predicted octanol–water partition coefficient (Wildman–Crippen LogP) is 5.29. The van der Waals surface area contributed by atoms with Crippen molar-refractivity contribution in [3.63, 3.8) is 0 Å². The number of rotatable bonds is 4. The van der Waals surface area contributed by atoms with Crippen molar-refractivity contribution in [3.8, 4) is 0 Å². The largest absolute Gasteiger partial charge is 0.416 e. The molecular formula is C23H27F3IN3O. The van der Waals surface area contributed by atoms with Crippen LogP contribution in [-0.4, -0.2) is 25.7 Å². The second-order valence-electron chi connectivity index (χ2n) is 8.13. The Morgan fingerprint density at radius 3 is 2.55 bits per heavy atom. The Bertz CT molecular complexity index is 940. The van der Waals surface area contributed by atoms with Gasteiger partial charge in [0, 0.05) is 24.3 Å². The molecule has 0 bridgehead atoms. The number of guanidine groups is 1. The number of ether oxygens (including phenoxy) is 1. The molecule has 0 atom stereocenters. The number of aryl methyl sites for hydroxylation is 2. The van der Waals surface area contributed by atoms with Gasteiger partial charge in [-0.2, -0.15) is 13.2 Å². The van der Waals surface area contributed by atoms with Gasteiger partial charge in [0.1, 0.15) is 0 Å². The average Bonchev–Trinajstić information content (AvgIpc) is 3.20. The van der Waals surface area contributed by atoms with Gasteiger partial charge in [-0.25, -0.2) is 0 Å². The van der Waals surface area contributed by atoms with Crippen LogP contribution in [0.4, 0.5) is 18.9 Å². The molecule has 0 amide bonds. The van der Waals surface area contributed by atoms with Gasteiger partial charge in [0.2, 0.25) is 0 Å². The Labute approximate surface area is 197 Å². The molecule has 1 heterocycles. The van der Waals surface area contributed by atoms with Gasteiger partial charge in [0.25, 0.3) is 0 Å². The van der Waals surface area contributed by atoms with E-state index in [2.05, 4.69) is 22.4 Å². The Morgan fingerprint density at radius 1 is 1.06 bits per heavy atom. The fourth-order valence-electron chi connectivity index (χ4n) is 4.40. The maximum atomic E-state index is 13.2. The van der Waals surface area contributed by atoms with Gasteiger partial charge >= 0.3 is 6.18 Å². The standard InChI is InChI=1S/C23H26F3N3O.HI/c24-23(25,26)19-6-2-5-18(14-19)22(9-11-30-12-10-22)15-28-21(27)29-20-8-7-16-3-1-4-17(16)13-20;/h2,5-8,13-14H,1,3-4,9-12,15H2,(H3,27,28,29);1H. The van der Waals surface area contributed by atoms with Crippen LogP contribution in [0.2, 0.25) is 0 Å². The van der Waals surface area contributed by atoms with Gasteiger partial charge in [-0.15, -0.1) is 24.0 Å². The van der Waals surface area contributed by atoms with E-state index in [1.807, 2.05) is 6.07 Å². The summed E-state index contributed by atoms with van der Waals surface area (Å²) in [6, 6.07) is 11.8. The van der Waals surface area contributed by atoms with E-state index in [0.717, 1.165) is 24.6 Å². The molecule has 0 aromatic heterocycles. The van der Waals surface area contributed by atoms with Crippen LogP contribution in [0.1, 0.15) is 41.5 Å². The van der Waals surface area contributed by atoms with Gasteiger partial charge in [-0.3, -0.25) is 4.99 Å².